The maximum Gasteiger partial charge on any atom is 0.237 e. The van der Waals surface area contributed by atoms with Crippen LogP contribution in [0.25, 0.3) is 0 Å². The highest BCUT2D eigenvalue weighted by Crippen LogP contribution is 2.35. The van der Waals surface area contributed by atoms with Crippen molar-refractivity contribution in [3.63, 3.8) is 0 Å². The van der Waals surface area contributed by atoms with Gasteiger partial charge in [0, 0.05) is 24.6 Å². The molecule has 2 aromatic rings. The van der Waals surface area contributed by atoms with Gasteiger partial charge in [0.15, 0.2) is 5.17 Å². The summed E-state index contributed by atoms with van der Waals surface area (Å²) < 4.78 is 5.28. The van der Waals surface area contributed by atoms with E-state index in [0.29, 0.717) is 12.3 Å². The number of carbonyl (C=O) groups is 1. The number of hydrazone groups is 1. The molecule has 1 saturated heterocycles. The lowest BCUT2D eigenvalue weighted by Crippen LogP contribution is -2.54. The molecule has 3 atom stereocenters. The Morgan fingerprint density at radius 3 is 2.70 bits per heavy atom. The van der Waals surface area contributed by atoms with E-state index in [0.717, 1.165) is 23.0 Å². The van der Waals surface area contributed by atoms with Crippen molar-refractivity contribution in [2.75, 3.05) is 24.3 Å². The highest BCUT2D eigenvalue weighted by Gasteiger charge is 2.44. The smallest absolute Gasteiger partial charge is 0.237 e. The molecule has 33 heavy (non-hydrogen) atoms. The summed E-state index contributed by atoms with van der Waals surface area (Å²) in [4.78, 5) is 16.8. The molecule has 2 aromatic carbocycles. The first-order valence-electron chi connectivity index (χ1n) is 11.1. The average Bonchev–Trinajstić information content (AvgIpc) is 3.48. The van der Waals surface area contributed by atoms with E-state index in [1.165, 1.54) is 17.3 Å². The number of carbonyl (C=O) groups excluding carboxylic acids is 1. The fourth-order valence-corrected chi connectivity index (χ4v) is 5.37. The Bertz CT molecular complexity index is 1040. The summed E-state index contributed by atoms with van der Waals surface area (Å²) >= 11 is 1.47. The van der Waals surface area contributed by atoms with Gasteiger partial charge in [-0.2, -0.15) is 5.10 Å². The van der Waals surface area contributed by atoms with Crippen LogP contribution in [0.3, 0.4) is 0 Å². The Morgan fingerprint density at radius 1 is 1.18 bits per heavy atom. The summed E-state index contributed by atoms with van der Waals surface area (Å²) in [5.74, 6) is 1.27. The van der Waals surface area contributed by atoms with E-state index < -0.39 is 0 Å². The molecule has 0 aliphatic carbocycles. The summed E-state index contributed by atoms with van der Waals surface area (Å²) in [6.45, 7) is 2.63. The van der Waals surface area contributed by atoms with Gasteiger partial charge >= 0.3 is 0 Å². The standard InChI is InChI=1S/C24H28N6O2S/c1-3-28(18-7-5-4-6-8-18)22(31)16-33-24-26-25-23-21-15-20(27-30(21)14-13-29(23)24)17-9-11-19(32-2)12-10-17/h4-14,20-21,23,25,27H,3,15-16H2,1-2H3. The van der Waals surface area contributed by atoms with Gasteiger partial charge in [-0.15, -0.1) is 0 Å². The molecule has 0 aromatic heterocycles. The maximum atomic E-state index is 12.9. The molecule has 0 bridgehead atoms. The number of hydrazine groups is 1. The monoisotopic (exact) mass is 464 g/mol. The molecule has 3 unspecified atom stereocenters. The van der Waals surface area contributed by atoms with Gasteiger partial charge in [-0.25, -0.2) is 5.43 Å². The Labute approximate surface area is 198 Å². The van der Waals surface area contributed by atoms with Crippen LogP contribution in [-0.2, 0) is 4.79 Å². The first kappa shape index (κ1) is 21.7. The molecular formula is C24H28N6O2S. The molecule has 0 spiro atoms. The second kappa shape index (κ2) is 9.36. The molecule has 1 fully saturated rings. The van der Waals surface area contributed by atoms with Crippen molar-refractivity contribution in [1.29, 1.82) is 0 Å². The zero-order chi connectivity index (χ0) is 22.8. The largest absolute Gasteiger partial charge is 0.497 e. The molecule has 2 N–H and O–H groups in total. The first-order valence-corrected chi connectivity index (χ1v) is 12.1. The minimum atomic E-state index is 0.0275. The molecule has 3 heterocycles. The van der Waals surface area contributed by atoms with Crippen molar-refractivity contribution in [1.82, 2.24) is 20.8 Å². The van der Waals surface area contributed by atoms with E-state index >= 15 is 0 Å². The lowest BCUT2D eigenvalue weighted by Gasteiger charge is -2.36. The second-order valence-corrected chi connectivity index (χ2v) is 9.04. The average molecular weight is 465 g/mol. The van der Waals surface area contributed by atoms with E-state index in [2.05, 4.69) is 44.2 Å². The highest BCUT2D eigenvalue weighted by atomic mass is 32.2. The summed E-state index contributed by atoms with van der Waals surface area (Å²) in [5.41, 5.74) is 9.02. The number of para-hydroxylation sites is 1. The lowest BCUT2D eigenvalue weighted by molar-refractivity contribution is -0.116. The maximum absolute atomic E-state index is 12.9. The Hall–Kier alpha value is -3.17. The lowest BCUT2D eigenvalue weighted by atomic mass is 10.00. The van der Waals surface area contributed by atoms with Crippen LogP contribution < -0.4 is 20.5 Å². The third-order valence-corrected chi connectivity index (χ3v) is 7.18. The number of hydrogen-bond acceptors (Lipinski definition) is 8. The van der Waals surface area contributed by atoms with Gasteiger partial charge in [-0.1, -0.05) is 42.1 Å². The zero-order valence-electron chi connectivity index (χ0n) is 18.7. The second-order valence-electron chi connectivity index (χ2n) is 8.10. The van der Waals surface area contributed by atoms with Gasteiger partial charge in [0.2, 0.25) is 5.91 Å². The van der Waals surface area contributed by atoms with E-state index in [4.69, 9.17) is 4.74 Å². The van der Waals surface area contributed by atoms with Gasteiger partial charge in [0.05, 0.1) is 24.9 Å². The van der Waals surface area contributed by atoms with E-state index in [9.17, 15) is 4.79 Å². The summed E-state index contributed by atoms with van der Waals surface area (Å²) in [6.07, 6.45) is 5.04. The molecule has 5 rings (SSSR count). The van der Waals surface area contributed by atoms with Crippen LogP contribution in [0, 0.1) is 0 Å². The number of rotatable bonds is 6. The molecule has 9 heteroatoms. The van der Waals surface area contributed by atoms with Crippen LogP contribution in [0.4, 0.5) is 5.69 Å². The highest BCUT2D eigenvalue weighted by molar-refractivity contribution is 8.14. The molecule has 1 amide bonds. The summed E-state index contributed by atoms with van der Waals surface area (Å²) in [5, 5.41) is 7.53. The van der Waals surface area contributed by atoms with Crippen LogP contribution in [-0.4, -0.2) is 52.6 Å². The Kier molecular flexibility index (Phi) is 6.15. The third kappa shape index (κ3) is 4.26. The molecule has 172 valence electrons. The van der Waals surface area contributed by atoms with Crippen LogP contribution in [0.1, 0.15) is 24.9 Å². The molecule has 0 saturated carbocycles. The van der Waals surface area contributed by atoms with Crippen LogP contribution in [0.5, 0.6) is 5.75 Å². The van der Waals surface area contributed by atoms with Gasteiger partial charge in [0.25, 0.3) is 0 Å². The quantitative estimate of drug-likeness (QED) is 0.681. The van der Waals surface area contributed by atoms with E-state index in [1.54, 1.807) is 7.11 Å². The molecular weight excluding hydrogens is 436 g/mol. The van der Waals surface area contributed by atoms with Crippen molar-refractivity contribution >= 4 is 28.5 Å². The minimum absolute atomic E-state index is 0.0275. The van der Waals surface area contributed by atoms with Crippen LogP contribution in [0.15, 0.2) is 72.1 Å². The van der Waals surface area contributed by atoms with Crippen molar-refractivity contribution < 1.29 is 9.53 Å². The minimum Gasteiger partial charge on any atom is -0.497 e. The Morgan fingerprint density at radius 2 is 1.97 bits per heavy atom. The number of ether oxygens (including phenoxy) is 1. The molecule has 0 radical (unpaired) electrons. The molecule has 8 nitrogen and oxygen atoms in total. The van der Waals surface area contributed by atoms with Crippen molar-refractivity contribution in [2.24, 2.45) is 5.10 Å². The third-order valence-electron chi connectivity index (χ3n) is 6.23. The van der Waals surface area contributed by atoms with Gasteiger partial charge in [-0.05, 0) is 43.2 Å². The molecule has 3 aliphatic rings. The topological polar surface area (TPSA) is 72.4 Å². The number of anilines is 1. The zero-order valence-corrected chi connectivity index (χ0v) is 19.5. The fourth-order valence-electron chi connectivity index (χ4n) is 4.52. The number of thioether (sulfide) groups is 1. The number of amides is 1. The van der Waals surface area contributed by atoms with Crippen molar-refractivity contribution in [3.8, 4) is 5.75 Å². The van der Waals surface area contributed by atoms with Crippen LogP contribution >= 0.6 is 11.8 Å². The van der Waals surface area contributed by atoms with Crippen molar-refractivity contribution in [3.05, 3.63) is 72.6 Å². The molecule has 3 aliphatic heterocycles. The predicted octanol–water partition coefficient (Wildman–Crippen LogP) is 3.09. The van der Waals surface area contributed by atoms with Gasteiger partial charge in [0.1, 0.15) is 11.9 Å². The number of methoxy groups -OCH3 is 1. The van der Waals surface area contributed by atoms with Gasteiger partial charge in [-0.3, -0.25) is 10.2 Å². The number of fused-ring (bicyclic) bond motifs is 3. The Balaban J connectivity index is 1.20. The number of benzene rings is 2. The van der Waals surface area contributed by atoms with E-state index in [-0.39, 0.29) is 24.2 Å². The normalized spacial score (nSPS) is 23.0. The van der Waals surface area contributed by atoms with Gasteiger partial charge < -0.3 is 19.5 Å². The fraction of sp³-hybridized carbons (Fsp3) is 0.333. The number of amidine groups is 1. The van der Waals surface area contributed by atoms with Crippen molar-refractivity contribution in [2.45, 2.75) is 31.6 Å². The van der Waals surface area contributed by atoms with Crippen LogP contribution in [0.2, 0.25) is 0 Å². The predicted molar refractivity (Wildman–Crippen MR) is 131 cm³/mol. The first-order chi connectivity index (χ1) is 16.2. The number of nitrogens with one attached hydrogen (secondary N) is 2. The SMILES string of the molecule is CCN(C(=O)CSC1=NNC2C3CC(c4ccc(OC)cc4)NN3C=CN12)c1ccccc1. The number of hydrogen-bond donors (Lipinski definition) is 2. The number of nitrogens with zero attached hydrogens (tertiary/aromatic N) is 4. The summed E-state index contributed by atoms with van der Waals surface area (Å²) in [6, 6.07) is 18.4. The summed E-state index contributed by atoms with van der Waals surface area (Å²) in [7, 11) is 1.68. The van der Waals surface area contributed by atoms with E-state index in [1.807, 2.05) is 60.5 Å².